The van der Waals surface area contributed by atoms with Crippen molar-refractivity contribution in [3.05, 3.63) is 46.8 Å². The van der Waals surface area contributed by atoms with Crippen LogP contribution in [0.5, 0.6) is 0 Å². The van der Waals surface area contributed by atoms with Gasteiger partial charge in [-0.15, -0.1) is 11.3 Å². The fourth-order valence-electron chi connectivity index (χ4n) is 3.26. The van der Waals surface area contributed by atoms with Crippen molar-refractivity contribution in [2.45, 2.75) is 24.0 Å². The number of nitrogens with zero attached hydrogens (tertiary/aromatic N) is 2. The van der Waals surface area contributed by atoms with Gasteiger partial charge in [-0.3, -0.25) is 9.59 Å². The lowest BCUT2D eigenvalue weighted by atomic mass is 9.97. The van der Waals surface area contributed by atoms with Gasteiger partial charge in [0.25, 0.3) is 15.9 Å². The standard InChI is InChI=1S/C20H25N3O4S2/c1-14-6-4-5-7-17(14)21-19(24)15-8-10-23(11-9-15)29(26,27)18-12-16(13-28-18)20(25)22(2)3/h4-7,12-13,15H,8-11H2,1-3H3,(H,21,24). The van der Waals surface area contributed by atoms with E-state index in [0.29, 0.717) is 18.4 Å². The number of hydrogen-bond donors (Lipinski definition) is 1. The third kappa shape index (κ3) is 4.68. The number of carbonyl (C=O) groups is 2. The Bertz CT molecular complexity index is 1010. The molecule has 29 heavy (non-hydrogen) atoms. The zero-order valence-corrected chi connectivity index (χ0v) is 18.3. The molecule has 1 N–H and O–H groups in total. The van der Waals surface area contributed by atoms with E-state index in [0.717, 1.165) is 22.6 Å². The molecular weight excluding hydrogens is 410 g/mol. The largest absolute Gasteiger partial charge is 0.345 e. The molecule has 0 saturated carbocycles. The van der Waals surface area contributed by atoms with E-state index in [1.54, 1.807) is 19.5 Å². The molecule has 1 saturated heterocycles. The normalized spacial score (nSPS) is 15.8. The Kier molecular flexibility index (Phi) is 6.40. The van der Waals surface area contributed by atoms with Gasteiger partial charge < -0.3 is 10.2 Å². The summed E-state index contributed by atoms with van der Waals surface area (Å²) in [5.41, 5.74) is 2.14. The van der Waals surface area contributed by atoms with Crippen LogP contribution >= 0.6 is 11.3 Å². The molecule has 2 amide bonds. The summed E-state index contributed by atoms with van der Waals surface area (Å²) < 4.78 is 27.4. The average molecular weight is 436 g/mol. The lowest BCUT2D eigenvalue weighted by molar-refractivity contribution is -0.120. The topological polar surface area (TPSA) is 86.8 Å². The van der Waals surface area contributed by atoms with Crippen LogP contribution in [0.4, 0.5) is 5.69 Å². The molecule has 2 heterocycles. The number of para-hydroxylation sites is 1. The van der Waals surface area contributed by atoms with Gasteiger partial charge in [0, 0.05) is 44.2 Å². The van der Waals surface area contributed by atoms with E-state index in [4.69, 9.17) is 0 Å². The molecular formula is C20H25N3O4S2. The van der Waals surface area contributed by atoms with Gasteiger partial charge in [-0.1, -0.05) is 18.2 Å². The maximum absolute atomic E-state index is 12.9. The van der Waals surface area contributed by atoms with Gasteiger partial charge in [-0.25, -0.2) is 8.42 Å². The summed E-state index contributed by atoms with van der Waals surface area (Å²) in [4.78, 5) is 26.0. The van der Waals surface area contributed by atoms with Crippen LogP contribution in [0.3, 0.4) is 0 Å². The van der Waals surface area contributed by atoms with E-state index >= 15 is 0 Å². The number of rotatable bonds is 5. The zero-order valence-electron chi connectivity index (χ0n) is 16.7. The van der Waals surface area contributed by atoms with E-state index < -0.39 is 10.0 Å². The molecule has 9 heteroatoms. The van der Waals surface area contributed by atoms with Crippen molar-refractivity contribution in [2.75, 3.05) is 32.5 Å². The van der Waals surface area contributed by atoms with Crippen molar-refractivity contribution in [3.8, 4) is 0 Å². The van der Waals surface area contributed by atoms with Crippen molar-refractivity contribution in [1.82, 2.24) is 9.21 Å². The Hall–Kier alpha value is -2.23. The number of benzene rings is 1. The minimum absolute atomic E-state index is 0.0775. The minimum Gasteiger partial charge on any atom is -0.345 e. The number of amides is 2. The maximum Gasteiger partial charge on any atom is 0.254 e. The van der Waals surface area contributed by atoms with Gasteiger partial charge in [0.1, 0.15) is 4.21 Å². The molecule has 1 fully saturated rings. The van der Waals surface area contributed by atoms with Crippen LogP contribution in [-0.2, 0) is 14.8 Å². The Balaban J connectivity index is 1.63. The minimum atomic E-state index is -3.67. The molecule has 0 atom stereocenters. The predicted octanol–water partition coefficient (Wildman–Crippen LogP) is 2.80. The summed E-state index contributed by atoms with van der Waals surface area (Å²) in [5, 5.41) is 4.51. The number of anilines is 1. The number of nitrogens with one attached hydrogen (secondary N) is 1. The maximum atomic E-state index is 12.9. The van der Waals surface area contributed by atoms with Gasteiger partial charge in [-0.05, 0) is 37.5 Å². The summed E-state index contributed by atoms with van der Waals surface area (Å²) in [7, 11) is -0.414. The summed E-state index contributed by atoms with van der Waals surface area (Å²) >= 11 is 1.05. The van der Waals surface area contributed by atoms with Gasteiger partial charge in [-0.2, -0.15) is 4.31 Å². The number of piperidine rings is 1. The molecule has 2 aromatic rings. The third-order valence-electron chi connectivity index (χ3n) is 5.05. The first-order chi connectivity index (χ1) is 13.7. The third-order valence-corrected chi connectivity index (χ3v) is 8.36. The molecule has 0 radical (unpaired) electrons. The Morgan fingerprint density at radius 2 is 1.83 bits per heavy atom. The Labute approximate surface area is 175 Å². The Morgan fingerprint density at radius 1 is 1.17 bits per heavy atom. The number of sulfonamides is 1. The monoisotopic (exact) mass is 435 g/mol. The van der Waals surface area contributed by atoms with Gasteiger partial charge >= 0.3 is 0 Å². The Morgan fingerprint density at radius 3 is 2.45 bits per heavy atom. The molecule has 1 aliphatic heterocycles. The summed E-state index contributed by atoms with van der Waals surface area (Å²) in [6.45, 7) is 2.49. The molecule has 0 spiro atoms. The highest BCUT2D eigenvalue weighted by molar-refractivity contribution is 7.91. The number of hydrogen-bond acceptors (Lipinski definition) is 5. The fraction of sp³-hybridized carbons (Fsp3) is 0.400. The first kappa shape index (κ1) is 21.5. The zero-order chi connectivity index (χ0) is 21.2. The second-order valence-corrected chi connectivity index (χ2v) is 10.4. The van der Waals surface area contributed by atoms with Crippen LogP contribution in [0, 0.1) is 12.8 Å². The van der Waals surface area contributed by atoms with Crippen molar-refractivity contribution in [1.29, 1.82) is 0 Å². The van der Waals surface area contributed by atoms with Crippen LogP contribution < -0.4 is 5.32 Å². The van der Waals surface area contributed by atoms with Gasteiger partial charge in [0.2, 0.25) is 5.91 Å². The highest BCUT2D eigenvalue weighted by atomic mass is 32.2. The first-order valence-corrected chi connectivity index (χ1v) is 11.7. The SMILES string of the molecule is Cc1ccccc1NC(=O)C1CCN(S(=O)(=O)c2cc(C(=O)N(C)C)cs2)CC1. The molecule has 3 rings (SSSR count). The summed E-state index contributed by atoms with van der Waals surface area (Å²) in [6, 6.07) is 9.00. The molecule has 0 aliphatic carbocycles. The molecule has 1 aromatic carbocycles. The van der Waals surface area contributed by atoms with Crippen LogP contribution in [-0.4, -0.2) is 56.6 Å². The molecule has 0 unspecified atom stereocenters. The van der Waals surface area contributed by atoms with Gasteiger partial charge in [0.15, 0.2) is 0 Å². The lowest BCUT2D eigenvalue weighted by Crippen LogP contribution is -2.41. The molecule has 7 nitrogen and oxygen atoms in total. The van der Waals surface area contributed by atoms with Crippen molar-refractivity contribution >= 4 is 38.9 Å². The van der Waals surface area contributed by atoms with Gasteiger partial charge in [0.05, 0.1) is 5.56 Å². The summed E-state index contributed by atoms with van der Waals surface area (Å²) in [6.07, 6.45) is 0.928. The van der Waals surface area contributed by atoms with E-state index in [-0.39, 0.29) is 35.0 Å². The first-order valence-electron chi connectivity index (χ1n) is 9.37. The highest BCUT2D eigenvalue weighted by Crippen LogP contribution is 2.29. The lowest BCUT2D eigenvalue weighted by Gasteiger charge is -2.30. The fourth-order valence-corrected chi connectivity index (χ4v) is 6.03. The second kappa shape index (κ2) is 8.64. The van der Waals surface area contributed by atoms with Crippen LogP contribution in [0.15, 0.2) is 39.9 Å². The second-order valence-electron chi connectivity index (χ2n) is 7.34. The molecule has 1 aromatic heterocycles. The highest BCUT2D eigenvalue weighted by Gasteiger charge is 2.33. The summed E-state index contributed by atoms with van der Waals surface area (Å²) in [5.74, 6) is -0.532. The number of thiophene rings is 1. The average Bonchev–Trinajstić information content (AvgIpc) is 3.20. The predicted molar refractivity (Wildman–Crippen MR) is 114 cm³/mol. The van der Waals surface area contributed by atoms with Crippen LogP contribution in [0.25, 0.3) is 0 Å². The van der Waals surface area contributed by atoms with E-state index in [1.165, 1.54) is 15.3 Å². The van der Waals surface area contributed by atoms with Crippen molar-refractivity contribution in [2.24, 2.45) is 5.92 Å². The van der Waals surface area contributed by atoms with E-state index in [9.17, 15) is 18.0 Å². The smallest absolute Gasteiger partial charge is 0.254 e. The quantitative estimate of drug-likeness (QED) is 0.782. The van der Waals surface area contributed by atoms with Crippen LogP contribution in [0.1, 0.15) is 28.8 Å². The van der Waals surface area contributed by atoms with Crippen LogP contribution in [0.2, 0.25) is 0 Å². The molecule has 156 valence electrons. The molecule has 0 bridgehead atoms. The van der Waals surface area contributed by atoms with Crippen molar-refractivity contribution in [3.63, 3.8) is 0 Å². The number of carbonyl (C=O) groups excluding carboxylic acids is 2. The van der Waals surface area contributed by atoms with E-state index in [2.05, 4.69) is 5.32 Å². The van der Waals surface area contributed by atoms with E-state index in [1.807, 2.05) is 31.2 Å². The van der Waals surface area contributed by atoms with Crippen molar-refractivity contribution < 1.29 is 18.0 Å². The number of aryl methyl sites for hydroxylation is 1. The molecule has 1 aliphatic rings.